The Kier molecular flexibility index (Phi) is 2.74. The van der Waals surface area contributed by atoms with Crippen LogP contribution in [0.1, 0.15) is 43.6 Å². The van der Waals surface area contributed by atoms with Crippen molar-refractivity contribution in [1.82, 2.24) is 0 Å². The van der Waals surface area contributed by atoms with Crippen molar-refractivity contribution in [2.75, 3.05) is 0 Å². The first kappa shape index (κ1) is 10.9. The summed E-state index contributed by atoms with van der Waals surface area (Å²) >= 11 is 0. The lowest BCUT2D eigenvalue weighted by molar-refractivity contribution is 0.101. The normalized spacial score (nSPS) is 11.5. The standard InChI is InChI=1S/C12H15FO/c1-8(14)9-5-10(12(2,3)4)7-11(13)6-9/h5-7H,1-4H3. The zero-order valence-electron chi connectivity index (χ0n) is 9.02. The molecule has 0 aliphatic carbocycles. The zero-order valence-corrected chi connectivity index (χ0v) is 9.02. The van der Waals surface area contributed by atoms with E-state index in [9.17, 15) is 9.18 Å². The molecule has 0 saturated heterocycles. The molecule has 0 spiro atoms. The predicted octanol–water partition coefficient (Wildman–Crippen LogP) is 3.33. The van der Waals surface area contributed by atoms with Gasteiger partial charge in [-0.1, -0.05) is 20.8 Å². The Morgan fingerprint density at radius 3 is 2.21 bits per heavy atom. The van der Waals surface area contributed by atoms with Gasteiger partial charge in [-0.25, -0.2) is 4.39 Å². The van der Waals surface area contributed by atoms with Crippen molar-refractivity contribution in [2.45, 2.75) is 33.1 Å². The van der Waals surface area contributed by atoms with Gasteiger partial charge in [0.05, 0.1) is 0 Å². The SMILES string of the molecule is CC(=O)c1cc(F)cc(C(C)(C)C)c1. The second kappa shape index (κ2) is 3.52. The first-order valence-corrected chi connectivity index (χ1v) is 4.63. The van der Waals surface area contributed by atoms with Gasteiger partial charge in [0.25, 0.3) is 0 Å². The Morgan fingerprint density at radius 1 is 1.21 bits per heavy atom. The number of carbonyl (C=O) groups is 1. The maximum Gasteiger partial charge on any atom is 0.159 e. The molecule has 0 aromatic heterocycles. The maximum atomic E-state index is 13.2. The highest BCUT2D eigenvalue weighted by Gasteiger charge is 2.16. The van der Waals surface area contributed by atoms with Gasteiger partial charge < -0.3 is 0 Å². The van der Waals surface area contributed by atoms with E-state index in [0.29, 0.717) is 5.56 Å². The van der Waals surface area contributed by atoms with Gasteiger partial charge in [-0.2, -0.15) is 0 Å². The molecular weight excluding hydrogens is 179 g/mol. The van der Waals surface area contributed by atoms with Crippen LogP contribution in [0.25, 0.3) is 0 Å². The molecule has 1 rings (SSSR count). The number of Topliss-reactive ketones (excluding diaryl/α,β-unsaturated/α-hetero) is 1. The maximum absolute atomic E-state index is 13.2. The number of hydrogen-bond donors (Lipinski definition) is 0. The van der Waals surface area contributed by atoms with Gasteiger partial charge in [-0.05, 0) is 36.1 Å². The minimum atomic E-state index is -0.345. The van der Waals surface area contributed by atoms with E-state index in [1.807, 2.05) is 20.8 Å². The van der Waals surface area contributed by atoms with Crippen LogP contribution in [-0.2, 0) is 5.41 Å². The summed E-state index contributed by atoms with van der Waals surface area (Å²) in [6.45, 7) is 7.42. The highest BCUT2D eigenvalue weighted by Crippen LogP contribution is 2.24. The van der Waals surface area contributed by atoms with E-state index in [1.165, 1.54) is 19.1 Å². The van der Waals surface area contributed by atoms with Gasteiger partial charge in [0.2, 0.25) is 0 Å². The summed E-state index contributed by atoms with van der Waals surface area (Å²) in [5.74, 6) is -0.447. The number of hydrogen-bond acceptors (Lipinski definition) is 1. The third-order valence-corrected chi connectivity index (χ3v) is 2.17. The Labute approximate surface area is 83.9 Å². The van der Waals surface area contributed by atoms with E-state index in [-0.39, 0.29) is 17.0 Å². The van der Waals surface area contributed by atoms with Crippen LogP contribution in [-0.4, -0.2) is 5.78 Å². The Hall–Kier alpha value is -1.18. The van der Waals surface area contributed by atoms with Gasteiger partial charge in [0.1, 0.15) is 5.82 Å². The molecule has 76 valence electrons. The Morgan fingerprint density at radius 2 is 1.79 bits per heavy atom. The van der Waals surface area contributed by atoms with Crippen molar-refractivity contribution in [3.63, 3.8) is 0 Å². The van der Waals surface area contributed by atoms with Crippen molar-refractivity contribution in [1.29, 1.82) is 0 Å². The van der Waals surface area contributed by atoms with Crippen LogP contribution in [0, 0.1) is 5.82 Å². The lowest BCUT2D eigenvalue weighted by Gasteiger charge is -2.19. The molecule has 0 aliphatic rings. The Balaban J connectivity index is 3.28. The summed E-state index contributed by atoms with van der Waals surface area (Å²) in [4.78, 5) is 11.1. The van der Waals surface area contributed by atoms with E-state index >= 15 is 0 Å². The molecule has 1 aromatic carbocycles. The number of benzene rings is 1. The average Bonchev–Trinajstić information content (AvgIpc) is 2.01. The molecule has 0 saturated carbocycles. The smallest absolute Gasteiger partial charge is 0.159 e. The summed E-state index contributed by atoms with van der Waals surface area (Å²) in [7, 11) is 0. The molecular formula is C12H15FO. The first-order valence-electron chi connectivity index (χ1n) is 4.63. The Bertz CT molecular complexity index is 361. The molecule has 14 heavy (non-hydrogen) atoms. The van der Waals surface area contributed by atoms with Gasteiger partial charge in [-0.3, -0.25) is 4.79 Å². The van der Waals surface area contributed by atoms with Crippen molar-refractivity contribution in [3.8, 4) is 0 Å². The first-order chi connectivity index (χ1) is 6.30. The molecule has 0 atom stereocenters. The summed E-state index contributed by atoms with van der Waals surface area (Å²) in [6.07, 6.45) is 0. The molecule has 0 amide bonds. The van der Waals surface area contributed by atoms with E-state index in [2.05, 4.69) is 0 Å². The van der Waals surface area contributed by atoms with Crippen LogP contribution in [0.2, 0.25) is 0 Å². The molecule has 1 nitrogen and oxygen atoms in total. The highest BCUT2D eigenvalue weighted by molar-refractivity contribution is 5.94. The van der Waals surface area contributed by atoms with Crippen LogP contribution < -0.4 is 0 Å². The van der Waals surface area contributed by atoms with E-state index in [1.54, 1.807) is 6.07 Å². The molecule has 0 fully saturated rings. The highest BCUT2D eigenvalue weighted by atomic mass is 19.1. The summed E-state index contributed by atoms with van der Waals surface area (Å²) < 4.78 is 13.2. The van der Waals surface area contributed by atoms with E-state index < -0.39 is 0 Å². The molecule has 0 unspecified atom stereocenters. The van der Waals surface area contributed by atoms with Crippen LogP contribution in [0.4, 0.5) is 4.39 Å². The quantitative estimate of drug-likeness (QED) is 0.627. The molecule has 0 N–H and O–H groups in total. The van der Waals surface area contributed by atoms with Crippen molar-refractivity contribution in [3.05, 3.63) is 35.1 Å². The minimum absolute atomic E-state index is 0.102. The number of rotatable bonds is 1. The molecule has 0 heterocycles. The summed E-state index contributed by atoms with van der Waals surface area (Å²) in [6, 6.07) is 4.51. The van der Waals surface area contributed by atoms with E-state index in [4.69, 9.17) is 0 Å². The molecule has 0 radical (unpaired) electrons. The van der Waals surface area contributed by atoms with Crippen LogP contribution in [0.5, 0.6) is 0 Å². The third kappa shape index (κ3) is 2.41. The minimum Gasteiger partial charge on any atom is -0.295 e. The van der Waals surface area contributed by atoms with Crippen LogP contribution in [0.15, 0.2) is 18.2 Å². The van der Waals surface area contributed by atoms with Gasteiger partial charge in [0.15, 0.2) is 5.78 Å². The second-order valence-corrected chi connectivity index (χ2v) is 4.53. The largest absolute Gasteiger partial charge is 0.295 e. The molecule has 1 aromatic rings. The number of ketones is 1. The fraction of sp³-hybridized carbons (Fsp3) is 0.417. The number of halogens is 1. The van der Waals surface area contributed by atoms with Gasteiger partial charge in [-0.15, -0.1) is 0 Å². The van der Waals surface area contributed by atoms with Crippen molar-refractivity contribution >= 4 is 5.78 Å². The second-order valence-electron chi connectivity index (χ2n) is 4.53. The topological polar surface area (TPSA) is 17.1 Å². The van der Waals surface area contributed by atoms with Crippen molar-refractivity contribution in [2.24, 2.45) is 0 Å². The molecule has 0 aliphatic heterocycles. The van der Waals surface area contributed by atoms with Gasteiger partial charge in [0, 0.05) is 5.56 Å². The monoisotopic (exact) mass is 194 g/mol. The van der Waals surface area contributed by atoms with Crippen LogP contribution in [0.3, 0.4) is 0 Å². The van der Waals surface area contributed by atoms with E-state index in [0.717, 1.165) is 5.56 Å². The van der Waals surface area contributed by atoms with Crippen molar-refractivity contribution < 1.29 is 9.18 Å². The summed E-state index contributed by atoms with van der Waals surface area (Å²) in [5.41, 5.74) is 1.16. The molecule has 2 heteroatoms. The predicted molar refractivity (Wildman–Crippen MR) is 55.1 cm³/mol. The number of carbonyl (C=O) groups excluding carboxylic acids is 1. The average molecular weight is 194 g/mol. The molecule has 0 bridgehead atoms. The van der Waals surface area contributed by atoms with Crippen LogP contribution >= 0.6 is 0 Å². The zero-order chi connectivity index (χ0) is 10.9. The fourth-order valence-corrected chi connectivity index (χ4v) is 1.23. The lowest BCUT2D eigenvalue weighted by Crippen LogP contribution is -2.12. The lowest BCUT2D eigenvalue weighted by atomic mass is 9.86. The third-order valence-electron chi connectivity index (χ3n) is 2.17. The fourth-order valence-electron chi connectivity index (χ4n) is 1.23. The van der Waals surface area contributed by atoms with Gasteiger partial charge >= 0.3 is 0 Å². The summed E-state index contributed by atoms with van der Waals surface area (Å²) in [5, 5.41) is 0.